The molecule has 6 N–H and O–H groups in total. The molecule has 0 heterocycles. The van der Waals surface area contributed by atoms with E-state index >= 15 is 0 Å². The predicted octanol–water partition coefficient (Wildman–Crippen LogP) is 0.108. The van der Waals surface area contributed by atoms with Crippen LogP contribution in [0.5, 0.6) is 0 Å². The Bertz CT molecular complexity index is 385. The van der Waals surface area contributed by atoms with Crippen LogP contribution in [0, 0.1) is 0 Å². The van der Waals surface area contributed by atoms with Crippen molar-refractivity contribution in [3.63, 3.8) is 0 Å². The van der Waals surface area contributed by atoms with Crippen molar-refractivity contribution in [1.82, 2.24) is 10.6 Å². The molecule has 0 unspecified atom stereocenters. The van der Waals surface area contributed by atoms with Gasteiger partial charge in [-0.05, 0) is 24.0 Å². The zero-order valence-electron chi connectivity index (χ0n) is 10.1. The summed E-state index contributed by atoms with van der Waals surface area (Å²) in [5.74, 6) is 0. The quantitative estimate of drug-likeness (QED) is 0.574. The van der Waals surface area contributed by atoms with E-state index < -0.39 is 12.1 Å². The van der Waals surface area contributed by atoms with E-state index in [9.17, 15) is 9.59 Å². The fourth-order valence-corrected chi connectivity index (χ4v) is 1.60. The van der Waals surface area contributed by atoms with Crippen molar-refractivity contribution in [2.75, 3.05) is 13.1 Å². The highest BCUT2D eigenvalue weighted by Crippen LogP contribution is 2.06. The molecule has 0 spiro atoms. The number of rotatable bonds is 6. The molecule has 4 amide bonds. The molecule has 6 heteroatoms. The summed E-state index contributed by atoms with van der Waals surface area (Å²) in [5.41, 5.74) is 12.2. The molecule has 0 aliphatic rings. The van der Waals surface area contributed by atoms with Gasteiger partial charge in [0.1, 0.15) is 0 Å². The van der Waals surface area contributed by atoms with Crippen LogP contribution in [0.3, 0.4) is 0 Å². The van der Waals surface area contributed by atoms with E-state index in [1.165, 1.54) is 0 Å². The molecule has 0 fully saturated rings. The zero-order chi connectivity index (χ0) is 13.4. The highest BCUT2D eigenvalue weighted by atomic mass is 16.2. The van der Waals surface area contributed by atoms with Gasteiger partial charge in [-0.2, -0.15) is 0 Å². The number of urea groups is 2. The number of carbonyl (C=O) groups is 2. The Morgan fingerprint density at radius 3 is 1.78 bits per heavy atom. The Hall–Kier alpha value is -2.24. The molecule has 1 aromatic carbocycles. The van der Waals surface area contributed by atoms with Crippen molar-refractivity contribution in [3.05, 3.63) is 35.4 Å². The molecule has 6 nitrogen and oxygen atoms in total. The average molecular weight is 250 g/mol. The number of hydrogen-bond acceptors (Lipinski definition) is 2. The number of benzene rings is 1. The van der Waals surface area contributed by atoms with Crippen molar-refractivity contribution in [3.8, 4) is 0 Å². The number of amides is 4. The largest absolute Gasteiger partial charge is 0.352 e. The molecule has 0 aliphatic heterocycles. The monoisotopic (exact) mass is 250 g/mol. The average Bonchev–Trinajstić information content (AvgIpc) is 2.28. The minimum Gasteiger partial charge on any atom is -0.352 e. The van der Waals surface area contributed by atoms with Crippen molar-refractivity contribution in [2.45, 2.75) is 12.8 Å². The lowest BCUT2D eigenvalue weighted by molar-refractivity contribution is 0.248. The van der Waals surface area contributed by atoms with Gasteiger partial charge < -0.3 is 22.1 Å². The van der Waals surface area contributed by atoms with Crippen LogP contribution in [0.15, 0.2) is 24.3 Å². The van der Waals surface area contributed by atoms with Crippen LogP contribution in [0.25, 0.3) is 0 Å². The van der Waals surface area contributed by atoms with Crippen molar-refractivity contribution in [2.24, 2.45) is 11.5 Å². The number of primary amides is 2. The summed E-state index contributed by atoms with van der Waals surface area (Å²) in [5, 5.41) is 5.07. The van der Waals surface area contributed by atoms with Crippen molar-refractivity contribution < 1.29 is 9.59 Å². The van der Waals surface area contributed by atoms with E-state index in [1.807, 2.05) is 24.3 Å². The Labute approximate surface area is 106 Å². The molecule has 0 aliphatic carbocycles. The van der Waals surface area contributed by atoms with E-state index in [4.69, 9.17) is 11.5 Å². The minimum atomic E-state index is -0.517. The van der Waals surface area contributed by atoms with E-state index in [0.29, 0.717) is 13.1 Å². The van der Waals surface area contributed by atoms with Gasteiger partial charge in [0.15, 0.2) is 0 Å². The standard InChI is InChI=1S/C12H18N4O2/c13-11(17)15-6-4-9-2-1-3-10(8-9)5-7-16-12(14)18/h1-3,8H,4-7H2,(H3,13,15,17)(H3,14,16,18). The van der Waals surface area contributed by atoms with Gasteiger partial charge >= 0.3 is 12.1 Å². The Balaban J connectivity index is 2.41. The molecule has 0 bridgehead atoms. The van der Waals surface area contributed by atoms with Crippen LogP contribution in [0.2, 0.25) is 0 Å². The Morgan fingerprint density at radius 1 is 0.944 bits per heavy atom. The van der Waals surface area contributed by atoms with Crippen LogP contribution in [0.1, 0.15) is 11.1 Å². The maximum absolute atomic E-state index is 10.5. The summed E-state index contributed by atoms with van der Waals surface area (Å²) in [4.78, 5) is 21.0. The Kier molecular flexibility index (Phi) is 5.50. The SMILES string of the molecule is NC(=O)NCCc1cccc(CCNC(N)=O)c1. The Morgan fingerprint density at radius 2 is 1.39 bits per heavy atom. The van der Waals surface area contributed by atoms with Crippen LogP contribution in [-0.4, -0.2) is 25.2 Å². The van der Waals surface area contributed by atoms with Crippen LogP contribution < -0.4 is 22.1 Å². The number of hydrogen-bond donors (Lipinski definition) is 4. The summed E-state index contributed by atoms with van der Waals surface area (Å²) >= 11 is 0. The summed E-state index contributed by atoms with van der Waals surface area (Å²) < 4.78 is 0. The van der Waals surface area contributed by atoms with Crippen LogP contribution >= 0.6 is 0 Å². The molecular formula is C12H18N4O2. The second kappa shape index (κ2) is 7.16. The lowest BCUT2D eigenvalue weighted by atomic mass is 10.1. The number of carbonyl (C=O) groups excluding carboxylic acids is 2. The maximum Gasteiger partial charge on any atom is 0.312 e. The summed E-state index contributed by atoms with van der Waals surface area (Å²) in [6, 6.07) is 6.90. The fraction of sp³-hybridized carbons (Fsp3) is 0.333. The van der Waals surface area contributed by atoms with E-state index in [2.05, 4.69) is 10.6 Å². The highest BCUT2D eigenvalue weighted by Gasteiger charge is 1.98. The van der Waals surface area contributed by atoms with E-state index in [1.54, 1.807) is 0 Å². The van der Waals surface area contributed by atoms with Gasteiger partial charge in [-0.1, -0.05) is 24.3 Å². The lowest BCUT2D eigenvalue weighted by Gasteiger charge is -2.06. The van der Waals surface area contributed by atoms with Gasteiger partial charge in [0.25, 0.3) is 0 Å². The van der Waals surface area contributed by atoms with Gasteiger partial charge in [-0.3, -0.25) is 0 Å². The smallest absolute Gasteiger partial charge is 0.312 e. The van der Waals surface area contributed by atoms with Gasteiger partial charge in [0, 0.05) is 13.1 Å². The van der Waals surface area contributed by atoms with E-state index in [0.717, 1.165) is 24.0 Å². The summed E-state index contributed by atoms with van der Waals surface area (Å²) in [6.45, 7) is 1.02. The molecule has 0 atom stereocenters. The first-order valence-corrected chi connectivity index (χ1v) is 5.72. The molecule has 0 aromatic heterocycles. The second-order valence-corrected chi connectivity index (χ2v) is 3.90. The molecule has 0 radical (unpaired) electrons. The third kappa shape index (κ3) is 5.74. The van der Waals surface area contributed by atoms with Crippen molar-refractivity contribution in [1.29, 1.82) is 0 Å². The van der Waals surface area contributed by atoms with Crippen LogP contribution in [-0.2, 0) is 12.8 Å². The summed E-state index contributed by atoms with van der Waals surface area (Å²) in [7, 11) is 0. The highest BCUT2D eigenvalue weighted by molar-refractivity contribution is 5.71. The first kappa shape index (κ1) is 13.8. The third-order valence-electron chi connectivity index (χ3n) is 2.42. The molecular weight excluding hydrogens is 232 g/mol. The zero-order valence-corrected chi connectivity index (χ0v) is 10.1. The van der Waals surface area contributed by atoms with Gasteiger partial charge in [-0.15, -0.1) is 0 Å². The molecule has 98 valence electrons. The lowest BCUT2D eigenvalue weighted by Crippen LogP contribution is -2.31. The molecule has 1 rings (SSSR count). The van der Waals surface area contributed by atoms with Gasteiger partial charge in [-0.25, -0.2) is 9.59 Å². The first-order chi connectivity index (χ1) is 8.58. The molecule has 1 aromatic rings. The number of nitrogens with one attached hydrogen (secondary N) is 2. The predicted molar refractivity (Wildman–Crippen MR) is 69.0 cm³/mol. The van der Waals surface area contributed by atoms with Gasteiger partial charge in [0.2, 0.25) is 0 Å². The van der Waals surface area contributed by atoms with Gasteiger partial charge in [0.05, 0.1) is 0 Å². The first-order valence-electron chi connectivity index (χ1n) is 5.72. The minimum absolute atomic E-state index is 0.512. The van der Waals surface area contributed by atoms with E-state index in [-0.39, 0.29) is 0 Å². The topological polar surface area (TPSA) is 110 Å². The fourth-order valence-electron chi connectivity index (χ4n) is 1.60. The molecule has 0 saturated carbocycles. The molecule has 0 saturated heterocycles. The maximum atomic E-state index is 10.5. The normalized spacial score (nSPS) is 9.78. The third-order valence-corrected chi connectivity index (χ3v) is 2.42. The second-order valence-electron chi connectivity index (χ2n) is 3.90. The summed E-state index contributed by atoms with van der Waals surface area (Å²) in [6.07, 6.45) is 1.44. The molecule has 18 heavy (non-hydrogen) atoms. The van der Waals surface area contributed by atoms with Crippen molar-refractivity contribution >= 4 is 12.1 Å². The van der Waals surface area contributed by atoms with Crippen LogP contribution in [0.4, 0.5) is 9.59 Å². The number of nitrogens with two attached hydrogens (primary N) is 2.